The van der Waals surface area contributed by atoms with Crippen molar-refractivity contribution in [2.24, 2.45) is 0 Å². The van der Waals surface area contributed by atoms with Gasteiger partial charge in [0.15, 0.2) is 11.5 Å². The minimum Gasteiger partial charge on any atom is -0.493 e. The normalized spacial score (nSPS) is 14.7. The van der Waals surface area contributed by atoms with E-state index in [1.165, 1.54) is 6.07 Å². The summed E-state index contributed by atoms with van der Waals surface area (Å²) < 4.78 is 27.7. The number of hydrogen-bond acceptors (Lipinski definition) is 5. The van der Waals surface area contributed by atoms with Crippen molar-refractivity contribution in [2.45, 2.75) is 6.54 Å². The van der Waals surface area contributed by atoms with Gasteiger partial charge in [0, 0.05) is 43.9 Å². The molecule has 1 aromatic heterocycles. The lowest BCUT2D eigenvalue weighted by atomic mass is 10.0. The van der Waals surface area contributed by atoms with Gasteiger partial charge in [-0.25, -0.2) is 9.07 Å². The molecule has 0 aliphatic carbocycles. The minimum absolute atomic E-state index is 0.249. The minimum atomic E-state index is -0.249. The van der Waals surface area contributed by atoms with Crippen LogP contribution in [0.2, 0.25) is 0 Å². The van der Waals surface area contributed by atoms with Gasteiger partial charge in [-0.1, -0.05) is 30.3 Å². The Morgan fingerprint density at radius 2 is 1.53 bits per heavy atom. The summed E-state index contributed by atoms with van der Waals surface area (Å²) in [6, 6.07) is 20.9. The summed E-state index contributed by atoms with van der Waals surface area (Å²) in [6.07, 6.45) is 1.88. The van der Waals surface area contributed by atoms with Crippen LogP contribution in [-0.2, 0) is 6.54 Å². The monoisotopic (exact) mass is 486 g/mol. The molecule has 0 N–H and O–H groups in total. The molecule has 0 radical (unpaired) electrons. The van der Waals surface area contributed by atoms with Gasteiger partial charge in [-0.05, 0) is 54.6 Å². The van der Waals surface area contributed by atoms with Crippen molar-refractivity contribution in [3.05, 3.63) is 84.3 Å². The highest BCUT2D eigenvalue weighted by atomic mass is 19.1. The predicted molar refractivity (Wildman–Crippen MR) is 140 cm³/mol. The molecule has 186 valence electrons. The summed E-state index contributed by atoms with van der Waals surface area (Å²) in [5.41, 5.74) is 5.31. The first kappa shape index (κ1) is 24.0. The number of aromatic nitrogens is 2. The average molecular weight is 487 g/mol. The molecule has 0 bridgehead atoms. The van der Waals surface area contributed by atoms with Crippen LogP contribution in [0.4, 0.5) is 4.39 Å². The Kier molecular flexibility index (Phi) is 7.02. The Balaban J connectivity index is 1.50. The average Bonchev–Trinajstić information content (AvgIpc) is 3.33. The number of halogens is 1. The molecule has 0 spiro atoms. The molecule has 1 fully saturated rings. The number of nitrogens with zero attached hydrogens (tertiary/aromatic N) is 4. The summed E-state index contributed by atoms with van der Waals surface area (Å²) in [5.74, 6) is 1.12. The quantitative estimate of drug-likeness (QED) is 0.363. The maximum absolute atomic E-state index is 15.0. The molecule has 0 saturated carbocycles. The van der Waals surface area contributed by atoms with E-state index in [0.29, 0.717) is 17.1 Å². The number of rotatable bonds is 7. The first-order chi connectivity index (χ1) is 17.6. The Bertz CT molecular complexity index is 1330. The van der Waals surface area contributed by atoms with Gasteiger partial charge >= 0.3 is 0 Å². The van der Waals surface area contributed by atoms with E-state index >= 15 is 0 Å². The van der Waals surface area contributed by atoms with Crippen molar-refractivity contribution in [1.82, 2.24) is 19.6 Å². The van der Waals surface area contributed by atoms with Crippen molar-refractivity contribution >= 4 is 0 Å². The molecule has 0 unspecified atom stereocenters. The van der Waals surface area contributed by atoms with Crippen LogP contribution in [0, 0.1) is 5.82 Å². The van der Waals surface area contributed by atoms with Gasteiger partial charge in [-0.2, -0.15) is 5.10 Å². The van der Waals surface area contributed by atoms with Crippen LogP contribution in [0.15, 0.2) is 72.9 Å². The van der Waals surface area contributed by atoms with Gasteiger partial charge in [0.2, 0.25) is 0 Å². The lowest BCUT2D eigenvalue weighted by Gasteiger charge is -2.32. The van der Waals surface area contributed by atoms with Gasteiger partial charge < -0.3 is 14.4 Å². The van der Waals surface area contributed by atoms with Crippen molar-refractivity contribution in [3.8, 4) is 39.6 Å². The fraction of sp³-hybridized carbons (Fsp3) is 0.276. The van der Waals surface area contributed by atoms with E-state index in [-0.39, 0.29) is 5.82 Å². The van der Waals surface area contributed by atoms with E-state index in [2.05, 4.69) is 16.8 Å². The van der Waals surface area contributed by atoms with Crippen LogP contribution >= 0.6 is 0 Å². The van der Waals surface area contributed by atoms with E-state index in [1.807, 2.05) is 65.5 Å². The Hall–Kier alpha value is -3.68. The fourth-order valence-electron chi connectivity index (χ4n) is 4.69. The number of methoxy groups -OCH3 is 2. The SMILES string of the molecule is COc1ccc(-c2ccc(-n3ncc(CN4CCN(C)CC4)c3-c3ccccc3F)cc2)cc1OC. The predicted octanol–water partition coefficient (Wildman–Crippen LogP) is 5.11. The second kappa shape index (κ2) is 10.5. The van der Waals surface area contributed by atoms with Gasteiger partial charge in [0.1, 0.15) is 5.82 Å². The third-order valence-electron chi connectivity index (χ3n) is 6.79. The van der Waals surface area contributed by atoms with E-state index in [1.54, 1.807) is 20.3 Å². The van der Waals surface area contributed by atoms with E-state index in [4.69, 9.17) is 14.6 Å². The number of piperazine rings is 1. The van der Waals surface area contributed by atoms with Crippen LogP contribution in [0.25, 0.3) is 28.1 Å². The number of benzene rings is 3. The van der Waals surface area contributed by atoms with Crippen LogP contribution in [0.1, 0.15) is 5.56 Å². The summed E-state index contributed by atoms with van der Waals surface area (Å²) in [7, 11) is 5.40. The molecule has 1 saturated heterocycles. The first-order valence-electron chi connectivity index (χ1n) is 12.1. The molecule has 0 atom stereocenters. The van der Waals surface area contributed by atoms with Crippen LogP contribution in [0.3, 0.4) is 0 Å². The maximum Gasteiger partial charge on any atom is 0.161 e. The highest BCUT2D eigenvalue weighted by Gasteiger charge is 2.21. The Morgan fingerprint density at radius 3 is 2.22 bits per heavy atom. The first-order valence-corrected chi connectivity index (χ1v) is 12.1. The molecule has 5 rings (SSSR count). The van der Waals surface area contributed by atoms with Crippen LogP contribution in [-0.4, -0.2) is 67.0 Å². The van der Waals surface area contributed by atoms with Crippen molar-refractivity contribution in [1.29, 1.82) is 0 Å². The lowest BCUT2D eigenvalue weighted by molar-refractivity contribution is 0.148. The summed E-state index contributed by atoms with van der Waals surface area (Å²) >= 11 is 0. The number of ether oxygens (including phenoxy) is 2. The molecule has 2 heterocycles. The topological polar surface area (TPSA) is 42.8 Å². The van der Waals surface area contributed by atoms with E-state index in [0.717, 1.165) is 60.8 Å². The number of likely N-dealkylation sites (N-methyl/N-ethyl adjacent to an activating group) is 1. The molecule has 1 aliphatic heterocycles. The largest absolute Gasteiger partial charge is 0.493 e. The lowest BCUT2D eigenvalue weighted by Crippen LogP contribution is -2.43. The molecular weight excluding hydrogens is 455 g/mol. The fourth-order valence-corrected chi connectivity index (χ4v) is 4.69. The highest BCUT2D eigenvalue weighted by Crippen LogP contribution is 2.34. The summed E-state index contributed by atoms with van der Waals surface area (Å²) in [6.45, 7) is 4.76. The molecule has 3 aromatic carbocycles. The van der Waals surface area contributed by atoms with Crippen molar-refractivity contribution in [2.75, 3.05) is 47.4 Å². The zero-order valence-electron chi connectivity index (χ0n) is 20.9. The maximum atomic E-state index is 15.0. The van der Waals surface area contributed by atoms with Crippen molar-refractivity contribution < 1.29 is 13.9 Å². The Labute approximate surface area is 211 Å². The zero-order valence-corrected chi connectivity index (χ0v) is 20.9. The second-order valence-corrected chi connectivity index (χ2v) is 9.11. The molecule has 0 amide bonds. The number of hydrogen-bond donors (Lipinski definition) is 0. The molecular formula is C29H31FN4O2. The zero-order chi connectivity index (χ0) is 25.1. The second-order valence-electron chi connectivity index (χ2n) is 9.11. The summed E-state index contributed by atoms with van der Waals surface area (Å²) in [5, 5.41) is 4.71. The standard InChI is InChI=1S/C29H31FN4O2/c1-32-14-16-33(17-15-32)20-23-19-31-34(29(23)25-6-4-5-7-26(25)30)24-11-8-21(9-12-24)22-10-13-27(35-2)28(18-22)36-3/h4-13,18-19H,14-17,20H2,1-3H3. The van der Waals surface area contributed by atoms with Crippen molar-refractivity contribution in [3.63, 3.8) is 0 Å². The molecule has 6 nitrogen and oxygen atoms in total. The van der Waals surface area contributed by atoms with Gasteiger partial charge in [0.25, 0.3) is 0 Å². The third kappa shape index (κ3) is 4.85. The van der Waals surface area contributed by atoms with Crippen LogP contribution in [0.5, 0.6) is 11.5 Å². The molecule has 1 aliphatic rings. The molecule has 36 heavy (non-hydrogen) atoms. The van der Waals surface area contributed by atoms with Gasteiger partial charge in [-0.3, -0.25) is 4.90 Å². The smallest absolute Gasteiger partial charge is 0.161 e. The highest BCUT2D eigenvalue weighted by molar-refractivity contribution is 5.70. The van der Waals surface area contributed by atoms with E-state index < -0.39 is 0 Å². The third-order valence-corrected chi connectivity index (χ3v) is 6.79. The summed E-state index contributed by atoms with van der Waals surface area (Å²) in [4.78, 5) is 4.74. The molecule has 4 aromatic rings. The van der Waals surface area contributed by atoms with Gasteiger partial charge in [0.05, 0.1) is 31.8 Å². The Morgan fingerprint density at radius 1 is 0.833 bits per heavy atom. The van der Waals surface area contributed by atoms with Crippen LogP contribution < -0.4 is 9.47 Å². The van der Waals surface area contributed by atoms with Gasteiger partial charge in [-0.15, -0.1) is 0 Å². The van der Waals surface area contributed by atoms with E-state index in [9.17, 15) is 4.39 Å². The molecule has 7 heteroatoms.